The molecule has 3 aromatic carbocycles. The van der Waals surface area contributed by atoms with Gasteiger partial charge < -0.3 is 10.1 Å². The summed E-state index contributed by atoms with van der Waals surface area (Å²) in [5, 5.41) is 5.42. The number of carbonyl (C=O) groups is 2. The van der Waals surface area contributed by atoms with Crippen molar-refractivity contribution in [3.05, 3.63) is 106 Å². The summed E-state index contributed by atoms with van der Waals surface area (Å²) < 4.78 is 5.32. The summed E-state index contributed by atoms with van der Waals surface area (Å²) in [6.45, 7) is 1.99. The normalized spacial score (nSPS) is 11.6. The summed E-state index contributed by atoms with van der Waals surface area (Å²) >= 11 is 8.80. The number of halogens is 1. The van der Waals surface area contributed by atoms with E-state index in [1.807, 2.05) is 78.2 Å². The van der Waals surface area contributed by atoms with E-state index in [2.05, 4.69) is 5.32 Å². The minimum absolute atomic E-state index is 0.213. The van der Waals surface area contributed by atoms with Crippen LogP contribution in [0.1, 0.15) is 28.1 Å². The number of thiophene rings is 1. The van der Waals surface area contributed by atoms with Crippen LogP contribution in [0.15, 0.2) is 95.2 Å². The van der Waals surface area contributed by atoms with E-state index in [4.69, 9.17) is 16.3 Å². The van der Waals surface area contributed by atoms with E-state index in [1.54, 1.807) is 19.1 Å². The molecule has 7 heteroatoms. The van der Waals surface area contributed by atoms with Crippen molar-refractivity contribution in [3.63, 3.8) is 0 Å². The van der Waals surface area contributed by atoms with Crippen molar-refractivity contribution in [2.24, 2.45) is 0 Å². The Labute approximate surface area is 211 Å². The highest BCUT2D eigenvalue weighted by Gasteiger charge is 2.27. The first-order valence-electron chi connectivity index (χ1n) is 10.7. The SMILES string of the molecule is CCOC(=O)c1c(-c2ccc(Cl)cc2)csc1NC(=O)C(Sc1ccccc1)c1ccccc1. The van der Waals surface area contributed by atoms with Gasteiger partial charge in [0.05, 0.1) is 6.61 Å². The largest absolute Gasteiger partial charge is 0.462 e. The van der Waals surface area contributed by atoms with Crippen molar-refractivity contribution in [3.8, 4) is 11.1 Å². The molecule has 1 heterocycles. The fraction of sp³-hybridized carbons (Fsp3) is 0.111. The molecule has 1 N–H and O–H groups in total. The van der Waals surface area contributed by atoms with Gasteiger partial charge in [0.2, 0.25) is 5.91 Å². The average molecular weight is 508 g/mol. The predicted molar refractivity (Wildman–Crippen MR) is 141 cm³/mol. The number of hydrogen-bond acceptors (Lipinski definition) is 5. The molecule has 34 heavy (non-hydrogen) atoms. The topological polar surface area (TPSA) is 55.4 Å². The van der Waals surface area contributed by atoms with E-state index >= 15 is 0 Å². The highest BCUT2D eigenvalue weighted by molar-refractivity contribution is 8.00. The summed E-state index contributed by atoms with van der Waals surface area (Å²) in [4.78, 5) is 27.4. The summed E-state index contributed by atoms with van der Waals surface area (Å²) in [5.41, 5.74) is 2.74. The lowest BCUT2D eigenvalue weighted by molar-refractivity contribution is -0.115. The lowest BCUT2D eigenvalue weighted by Gasteiger charge is -2.17. The smallest absolute Gasteiger partial charge is 0.341 e. The molecule has 0 saturated carbocycles. The monoisotopic (exact) mass is 507 g/mol. The van der Waals surface area contributed by atoms with Gasteiger partial charge in [0.25, 0.3) is 0 Å². The van der Waals surface area contributed by atoms with Gasteiger partial charge in [0.15, 0.2) is 0 Å². The minimum atomic E-state index is -0.500. The number of esters is 1. The van der Waals surface area contributed by atoms with Crippen LogP contribution in [0.25, 0.3) is 11.1 Å². The zero-order valence-electron chi connectivity index (χ0n) is 18.4. The summed E-state index contributed by atoms with van der Waals surface area (Å²) in [5.74, 6) is -0.689. The fourth-order valence-corrected chi connectivity index (χ4v) is 5.54. The molecule has 0 bridgehead atoms. The Morgan fingerprint density at radius 3 is 2.26 bits per heavy atom. The van der Waals surface area contributed by atoms with Gasteiger partial charge in [-0.15, -0.1) is 23.1 Å². The van der Waals surface area contributed by atoms with E-state index in [0.29, 0.717) is 21.2 Å². The Morgan fingerprint density at radius 2 is 1.62 bits per heavy atom. The summed E-state index contributed by atoms with van der Waals surface area (Å²) in [6, 6.07) is 26.6. The highest BCUT2D eigenvalue weighted by atomic mass is 35.5. The highest BCUT2D eigenvalue weighted by Crippen LogP contribution is 2.40. The van der Waals surface area contributed by atoms with Crippen LogP contribution in [0.5, 0.6) is 0 Å². The number of nitrogens with one attached hydrogen (secondary N) is 1. The molecule has 0 spiro atoms. The van der Waals surface area contributed by atoms with Crippen molar-refractivity contribution < 1.29 is 14.3 Å². The number of carbonyl (C=O) groups excluding carboxylic acids is 2. The minimum Gasteiger partial charge on any atom is -0.462 e. The van der Waals surface area contributed by atoms with Gasteiger partial charge in [-0.3, -0.25) is 4.79 Å². The Balaban J connectivity index is 1.68. The number of rotatable bonds is 8. The third-order valence-electron chi connectivity index (χ3n) is 5.00. The number of benzene rings is 3. The van der Waals surface area contributed by atoms with Crippen molar-refractivity contribution >= 4 is 51.6 Å². The van der Waals surface area contributed by atoms with E-state index in [-0.39, 0.29) is 12.5 Å². The molecular weight excluding hydrogens is 486 g/mol. The Bertz CT molecular complexity index is 1260. The first-order valence-corrected chi connectivity index (χ1v) is 12.8. The maximum absolute atomic E-state index is 13.5. The standard InChI is InChI=1S/C27H22ClNO3S2/c1-2-32-27(31)23-22(18-13-15-20(28)16-14-18)17-33-26(23)29-25(30)24(19-9-5-3-6-10-19)34-21-11-7-4-8-12-21/h3-17,24H,2H2,1H3,(H,29,30). The first kappa shape index (κ1) is 24.1. The van der Waals surface area contributed by atoms with Crippen LogP contribution in [0.3, 0.4) is 0 Å². The van der Waals surface area contributed by atoms with Crippen LogP contribution in [-0.2, 0) is 9.53 Å². The molecule has 0 aliphatic rings. The molecule has 0 radical (unpaired) electrons. The Morgan fingerprint density at radius 1 is 0.971 bits per heavy atom. The van der Waals surface area contributed by atoms with Crippen LogP contribution in [0.4, 0.5) is 5.00 Å². The molecular formula is C27H22ClNO3S2. The second kappa shape index (κ2) is 11.4. The molecule has 1 atom stereocenters. The molecule has 0 fully saturated rings. The van der Waals surface area contributed by atoms with Crippen molar-refractivity contribution in [2.45, 2.75) is 17.1 Å². The molecule has 1 amide bonds. The number of hydrogen-bond donors (Lipinski definition) is 1. The zero-order chi connectivity index (χ0) is 23.9. The maximum atomic E-state index is 13.5. The molecule has 1 aromatic heterocycles. The van der Waals surface area contributed by atoms with Crippen molar-refractivity contribution in [1.82, 2.24) is 0 Å². The molecule has 172 valence electrons. The number of amides is 1. The van der Waals surface area contributed by atoms with Crippen LogP contribution < -0.4 is 5.32 Å². The van der Waals surface area contributed by atoms with Crippen LogP contribution in [-0.4, -0.2) is 18.5 Å². The van der Waals surface area contributed by atoms with Crippen molar-refractivity contribution in [2.75, 3.05) is 11.9 Å². The Kier molecular flexibility index (Phi) is 8.06. The van der Waals surface area contributed by atoms with E-state index < -0.39 is 11.2 Å². The number of anilines is 1. The molecule has 0 aliphatic heterocycles. The van der Waals surface area contributed by atoms with Gasteiger partial charge in [-0.25, -0.2) is 4.79 Å². The molecule has 4 rings (SSSR count). The molecule has 4 aromatic rings. The second-order valence-corrected chi connectivity index (χ2v) is 9.79. The quantitative estimate of drug-likeness (QED) is 0.196. The summed E-state index contributed by atoms with van der Waals surface area (Å²) in [7, 11) is 0. The van der Waals surface area contributed by atoms with Gasteiger partial charge >= 0.3 is 5.97 Å². The second-order valence-electron chi connectivity index (χ2n) is 7.29. The van der Waals surface area contributed by atoms with E-state index in [1.165, 1.54) is 23.1 Å². The van der Waals surface area contributed by atoms with Crippen LogP contribution in [0.2, 0.25) is 5.02 Å². The number of thioether (sulfide) groups is 1. The first-order chi connectivity index (χ1) is 16.6. The Hall–Kier alpha value is -3.06. The maximum Gasteiger partial charge on any atom is 0.341 e. The molecule has 0 aliphatic carbocycles. The van der Waals surface area contributed by atoms with Gasteiger partial charge in [0.1, 0.15) is 15.8 Å². The number of ether oxygens (including phenoxy) is 1. The summed E-state index contributed by atoms with van der Waals surface area (Å²) in [6.07, 6.45) is 0. The third kappa shape index (κ3) is 5.70. The predicted octanol–water partition coefficient (Wildman–Crippen LogP) is 7.72. The zero-order valence-corrected chi connectivity index (χ0v) is 20.8. The van der Waals surface area contributed by atoms with Crippen molar-refractivity contribution in [1.29, 1.82) is 0 Å². The van der Waals surface area contributed by atoms with Gasteiger partial charge in [-0.1, -0.05) is 72.3 Å². The van der Waals surface area contributed by atoms with Crippen LogP contribution in [0, 0.1) is 0 Å². The molecule has 1 unspecified atom stereocenters. The third-order valence-corrected chi connectivity index (χ3v) is 7.41. The average Bonchev–Trinajstić information content (AvgIpc) is 3.27. The molecule has 0 saturated heterocycles. The lowest BCUT2D eigenvalue weighted by atomic mass is 10.0. The molecule has 4 nitrogen and oxygen atoms in total. The van der Waals surface area contributed by atoms with E-state index in [9.17, 15) is 9.59 Å². The van der Waals surface area contributed by atoms with Gasteiger partial charge in [0, 0.05) is 20.9 Å². The lowest BCUT2D eigenvalue weighted by Crippen LogP contribution is -2.20. The fourth-order valence-electron chi connectivity index (χ4n) is 3.41. The van der Waals surface area contributed by atoms with Crippen LogP contribution >= 0.6 is 34.7 Å². The van der Waals surface area contributed by atoms with Gasteiger partial charge in [-0.2, -0.15) is 0 Å². The van der Waals surface area contributed by atoms with Gasteiger partial charge in [-0.05, 0) is 42.3 Å². The van der Waals surface area contributed by atoms with E-state index in [0.717, 1.165) is 16.0 Å².